The van der Waals surface area contributed by atoms with Gasteiger partial charge in [0.15, 0.2) is 0 Å². The number of ether oxygens (including phenoxy) is 1. The molecule has 2 rings (SSSR count). The van der Waals surface area contributed by atoms with Crippen LogP contribution < -0.4 is 5.73 Å². The van der Waals surface area contributed by atoms with Gasteiger partial charge >= 0.3 is 0 Å². The summed E-state index contributed by atoms with van der Waals surface area (Å²) in [5, 5.41) is 4.19. The summed E-state index contributed by atoms with van der Waals surface area (Å²) >= 11 is 0. The predicted octanol–water partition coefficient (Wildman–Crippen LogP) is 3.35. The number of hydrogen-bond acceptors (Lipinski definition) is 5. The molecule has 5 heteroatoms. The first-order valence-corrected chi connectivity index (χ1v) is 8.00. The molecule has 1 heterocycles. The van der Waals surface area contributed by atoms with Crippen molar-refractivity contribution in [2.75, 3.05) is 13.7 Å². The van der Waals surface area contributed by atoms with Crippen LogP contribution in [0.1, 0.15) is 77.1 Å². The Labute approximate surface area is 127 Å². The van der Waals surface area contributed by atoms with Crippen molar-refractivity contribution in [3.8, 4) is 0 Å². The highest BCUT2D eigenvalue weighted by molar-refractivity contribution is 5.09. The molecule has 1 unspecified atom stereocenters. The quantitative estimate of drug-likeness (QED) is 0.862. The van der Waals surface area contributed by atoms with E-state index in [1.165, 1.54) is 25.7 Å². The second-order valence-electron chi connectivity index (χ2n) is 7.34. The van der Waals surface area contributed by atoms with Crippen molar-refractivity contribution in [1.82, 2.24) is 10.1 Å². The van der Waals surface area contributed by atoms with E-state index in [0.29, 0.717) is 18.3 Å². The minimum absolute atomic E-state index is 0.0742. The van der Waals surface area contributed by atoms with Crippen LogP contribution in [0.4, 0.5) is 0 Å². The van der Waals surface area contributed by atoms with Gasteiger partial charge in [-0.3, -0.25) is 0 Å². The van der Waals surface area contributed by atoms with Gasteiger partial charge in [-0.05, 0) is 18.3 Å². The maximum absolute atomic E-state index is 6.08. The van der Waals surface area contributed by atoms with Crippen molar-refractivity contribution in [3.63, 3.8) is 0 Å². The van der Waals surface area contributed by atoms with Crippen LogP contribution in [0.3, 0.4) is 0 Å². The highest BCUT2D eigenvalue weighted by Crippen LogP contribution is 2.39. The Morgan fingerprint density at radius 3 is 2.33 bits per heavy atom. The van der Waals surface area contributed by atoms with Gasteiger partial charge < -0.3 is 15.0 Å². The molecule has 0 aliphatic heterocycles. The van der Waals surface area contributed by atoms with E-state index >= 15 is 0 Å². The molecule has 1 saturated carbocycles. The lowest BCUT2D eigenvalue weighted by molar-refractivity contribution is 0.00718. The largest absolute Gasteiger partial charge is 0.373 e. The average molecular weight is 295 g/mol. The molecule has 0 amide bonds. The van der Waals surface area contributed by atoms with Crippen LogP contribution in [-0.2, 0) is 10.2 Å². The molecule has 0 radical (unpaired) electrons. The summed E-state index contributed by atoms with van der Waals surface area (Å²) in [5.41, 5.74) is 5.87. The molecule has 0 bridgehead atoms. The van der Waals surface area contributed by atoms with Crippen LogP contribution in [-0.4, -0.2) is 23.8 Å². The van der Waals surface area contributed by atoms with E-state index in [2.05, 4.69) is 30.9 Å². The third-order valence-corrected chi connectivity index (χ3v) is 4.60. The molecule has 1 fully saturated rings. The standard InChI is InChI=1S/C16H29N3O2/c1-15(2,3)12(20-4)13-18-14(21-19-13)16(11-17)9-7-5-6-8-10-16/h12H,5-11,17H2,1-4H3. The van der Waals surface area contributed by atoms with E-state index in [0.717, 1.165) is 12.8 Å². The lowest BCUT2D eigenvalue weighted by atomic mass is 9.80. The van der Waals surface area contributed by atoms with Crippen LogP contribution in [0.15, 0.2) is 4.52 Å². The lowest BCUT2D eigenvalue weighted by Gasteiger charge is -2.27. The van der Waals surface area contributed by atoms with E-state index < -0.39 is 0 Å². The minimum Gasteiger partial charge on any atom is -0.373 e. The van der Waals surface area contributed by atoms with Gasteiger partial charge in [-0.25, -0.2) is 0 Å². The first kappa shape index (κ1) is 16.4. The molecule has 0 aromatic carbocycles. The second kappa shape index (κ2) is 6.44. The molecule has 1 aromatic rings. The number of methoxy groups -OCH3 is 1. The summed E-state index contributed by atoms with van der Waals surface area (Å²) in [4.78, 5) is 4.67. The molecule has 0 spiro atoms. The molecule has 1 aliphatic carbocycles. The monoisotopic (exact) mass is 295 g/mol. The fraction of sp³-hybridized carbons (Fsp3) is 0.875. The highest BCUT2D eigenvalue weighted by atomic mass is 16.5. The fourth-order valence-corrected chi connectivity index (χ4v) is 3.31. The third kappa shape index (κ3) is 3.46. The van der Waals surface area contributed by atoms with Gasteiger partial charge in [-0.15, -0.1) is 0 Å². The van der Waals surface area contributed by atoms with Crippen molar-refractivity contribution in [2.45, 2.75) is 70.8 Å². The Kier molecular flexibility index (Phi) is 5.04. The number of hydrogen-bond donors (Lipinski definition) is 1. The zero-order valence-electron chi connectivity index (χ0n) is 13.8. The van der Waals surface area contributed by atoms with Crippen LogP contribution in [0, 0.1) is 5.41 Å². The number of nitrogens with zero attached hydrogens (tertiary/aromatic N) is 2. The third-order valence-electron chi connectivity index (χ3n) is 4.60. The maximum Gasteiger partial charge on any atom is 0.234 e. The summed E-state index contributed by atoms with van der Waals surface area (Å²) in [6.07, 6.45) is 6.81. The van der Waals surface area contributed by atoms with Crippen molar-refractivity contribution in [2.24, 2.45) is 11.1 Å². The van der Waals surface area contributed by atoms with Crippen LogP contribution in [0.25, 0.3) is 0 Å². The minimum atomic E-state index is -0.171. The first-order valence-electron chi connectivity index (χ1n) is 8.00. The molecule has 1 aromatic heterocycles. The molecular formula is C16H29N3O2. The number of aromatic nitrogens is 2. The topological polar surface area (TPSA) is 74.2 Å². The van der Waals surface area contributed by atoms with E-state index in [9.17, 15) is 0 Å². The summed E-state index contributed by atoms with van der Waals surface area (Å²) in [7, 11) is 1.69. The Morgan fingerprint density at radius 1 is 1.24 bits per heavy atom. The van der Waals surface area contributed by atoms with Gasteiger partial charge in [0.25, 0.3) is 0 Å². The van der Waals surface area contributed by atoms with Gasteiger partial charge in [0.1, 0.15) is 6.10 Å². The van der Waals surface area contributed by atoms with Gasteiger partial charge in [-0.1, -0.05) is 51.6 Å². The zero-order valence-corrected chi connectivity index (χ0v) is 13.8. The second-order valence-corrected chi connectivity index (χ2v) is 7.34. The van der Waals surface area contributed by atoms with Gasteiger partial charge in [0, 0.05) is 13.7 Å². The normalized spacial score (nSPS) is 21.0. The molecule has 1 atom stereocenters. The molecule has 1 aliphatic rings. The fourth-order valence-electron chi connectivity index (χ4n) is 3.31. The summed E-state index contributed by atoms with van der Waals surface area (Å²) in [6.45, 7) is 6.91. The maximum atomic E-state index is 6.08. The first-order chi connectivity index (χ1) is 9.93. The highest BCUT2D eigenvalue weighted by Gasteiger charge is 2.39. The Bertz CT molecular complexity index is 443. The van der Waals surface area contributed by atoms with Crippen molar-refractivity contribution in [1.29, 1.82) is 0 Å². The summed E-state index contributed by atoms with van der Waals surface area (Å²) in [5.74, 6) is 1.34. The molecular weight excluding hydrogens is 266 g/mol. The van der Waals surface area contributed by atoms with Crippen molar-refractivity contribution in [3.05, 3.63) is 11.7 Å². The Hall–Kier alpha value is -0.940. The van der Waals surface area contributed by atoms with Crippen LogP contribution in [0.2, 0.25) is 0 Å². The molecule has 120 valence electrons. The number of rotatable bonds is 4. The van der Waals surface area contributed by atoms with E-state index in [4.69, 9.17) is 15.0 Å². The SMILES string of the molecule is COC(c1noc(C2(CN)CCCCCC2)n1)C(C)(C)C. The van der Waals surface area contributed by atoms with Gasteiger partial charge in [0.2, 0.25) is 11.7 Å². The smallest absolute Gasteiger partial charge is 0.234 e. The van der Waals surface area contributed by atoms with Crippen LogP contribution >= 0.6 is 0 Å². The molecule has 2 N–H and O–H groups in total. The van der Waals surface area contributed by atoms with Gasteiger partial charge in [-0.2, -0.15) is 4.98 Å². The van der Waals surface area contributed by atoms with E-state index in [-0.39, 0.29) is 16.9 Å². The number of nitrogens with two attached hydrogens (primary N) is 1. The van der Waals surface area contributed by atoms with Crippen molar-refractivity contribution >= 4 is 0 Å². The Balaban J connectivity index is 2.28. The lowest BCUT2D eigenvalue weighted by Crippen LogP contribution is -2.35. The summed E-state index contributed by atoms with van der Waals surface area (Å²) in [6, 6.07) is 0. The van der Waals surface area contributed by atoms with Crippen molar-refractivity contribution < 1.29 is 9.26 Å². The van der Waals surface area contributed by atoms with Gasteiger partial charge in [0.05, 0.1) is 5.41 Å². The van der Waals surface area contributed by atoms with E-state index in [1.807, 2.05) is 0 Å². The predicted molar refractivity (Wildman–Crippen MR) is 81.9 cm³/mol. The molecule has 0 saturated heterocycles. The van der Waals surface area contributed by atoms with E-state index in [1.54, 1.807) is 7.11 Å². The zero-order chi connectivity index (χ0) is 15.5. The molecule has 21 heavy (non-hydrogen) atoms. The Morgan fingerprint density at radius 2 is 1.86 bits per heavy atom. The average Bonchev–Trinajstić information content (AvgIpc) is 2.77. The summed E-state index contributed by atoms with van der Waals surface area (Å²) < 4.78 is 11.2. The molecule has 5 nitrogen and oxygen atoms in total. The van der Waals surface area contributed by atoms with Crippen LogP contribution in [0.5, 0.6) is 0 Å².